The molecule has 0 unspecified atom stereocenters. The molecular weight excluding hydrogens is 198 g/mol. The van der Waals surface area contributed by atoms with Gasteiger partial charge in [-0.1, -0.05) is 26.0 Å². The first-order valence-corrected chi connectivity index (χ1v) is 6.13. The first kappa shape index (κ1) is 13.0. The SMILES string of the molecule is CCC(CC)c1ccc(OC)c(CCN)c1. The molecule has 2 heteroatoms. The molecule has 0 heterocycles. The maximum absolute atomic E-state index is 5.62. The second-order valence-corrected chi connectivity index (χ2v) is 4.12. The Morgan fingerprint density at radius 3 is 2.44 bits per heavy atom. The molecule has 1 aromatic rings. The molecule has 0 atom stereocenters. The van der Waals surface area contributed by atoms with Crippen LogP contribution in [0.1, 0.15) is 43.7 Å². The minimum atomic E-state index is 0.655. The summed E-state index contributed by atoms with van der Waals surface area (Å²) in [6.07, 6.45) is 3.26. The molecule has 0 bridgehead atoms. The average molecular weight is 221 g/mol. The van der Waals surface area contributed by atoms with Gasteiger partial charge in [-0.25, -0.2) is 0 Å². The van der Waals surface area contributed by atoms with Crippen molar-refractivity contribution in [1.82, 2.24) is 0 Å². The summed E-state index contributed by atoms with van der Waals surface area (Å²) >= 11 is 0. The van der Waals surface area contributed by atoms with Crippen LogP contribution >= 0.6 is 0 Å². The number of ether oxygens (including phenoxy) is 1. The van der Waals surface area contributed by atoms with Crippen molar-refractivity contribution < 1.29 is 4.74 Å². The maximum Gasteiger partial charge on any atom is 0.122 e. The van der Waals surface area contributed by atoms with E-state index in [0.29, 0.717) is 12.5 Å². The first-order chi connectivity index (χ1) is 7.76. The van der Waals surface area contributed by atoms with Crippen LogP contribution in [0.25, 0.3) is 0 Å². The van der Waals surface area contributed by atoms with Gasteiger partial charge < -0.3 is 10.5 Å². The van der Waals surface area contributed by atoms with Crippen LogP contribution in [-0.4, -0.2) is 13.7 Å². The predicted octanol–water partition coefficient (Wildman–Crippen LogP) is 3.10. The first-order valence-electron chi connectivity index (χ1n) is 6.13. The highest BCUT2D eigenvalue weighted by atomic mass is 16.5. The Morgan fingerprint density at radius 1 is 1.25 bits per heavy atom. The molecule has 1 rings (SSSR count). The fourth-order valence-corrected chi connectivity index (χ4v) is 2.16. The highest BCUT2D eigenvalue weighted by molar-refractivity contribution is 5.38. The van der Waals surface area contributed by atoms with Gasteiger partial charge in [0.15, 0.2) is 0 Å². The van der Waals surface area contributed by atoms with Crippen LogP contribution in [-0.2, 0) is 6.42 Å². The molecule has 0 aliphatic carbocycles. The minimum Gasteiger partial charge on any atom is -0.496 e. The molecule has 0 fully saturated rings. The lowest BCUT2D eigenvalue weighted by Gasteiger charge is -2.16. The Kier molecular flexibility index (Phi) is 5.33. The molecule has 2 N–H and O–H groups in total. The second kappa shape index (κ2) is 6.54. The van der Waals surface area contributed by atoms with Crippen LogP contribution in [0.5, 0.6) is 5.75 Å². The van der Waals surface area contributed by atoms with E-state index in [0.717, 1.165) is 12.2 Å². The number of rotatable bonds is 6. The van der Waals surface area contributed by atoms with E-state index < -0.39 is 0 Å². The molecule has 0 saturated heterocycles. The van der Waals surface area contributed by atoms with E-state index in [-0.39, 0.29) is 0 Å². The smallest absolute Gasteiger partial charge is 0.122 e. The van der Waals surface area contributed by atoms with Crippen molar-refractivity contribution in [2.24, 2.45) is 5.73 Å². The van der Waals surface area contributed by atoms with Gasteiger partial charge >= 0.3 is 0 Å². The van der Waals surface area contributed by atoms with Crippen LogP contribution in [0.15, 0.2) is 18.2 Å². The summed E-state index contributed by atoms with van der Waals surface area (Å²) in [7, 11) is 1.71. The lowest BCUT2D eigenvalue weighted by molar-refractivity contribution is 0.409. The van der Waals surface area contributed by atoms with Crippen molar-refractivity contribution in [3.8, 4) is 5.75 Å². The topological polar surface area (TPSA) is 35.2 Å². The molecule has 0 aliphatic rings. The predicted molar refractivity (Wildman–Crippen MR) is 69.1 cm³/mol. The molecule has 2 nitrogen and oxygen atoms in total. The maximum atomic E-state index is 5.62. The zero-order chi connectivity index (χ0) is 12.0. The standard InChI is InChI=1S/C14H23NO/c1-4-11(5-2)12-6-7-14(16-3)13(10-12)8-9-15/h6-7,10-11H,4-5,8-9,15H2,1-3H3. The highest BCUT2D eigenvalue weighted by Crippen LogP contribution is 2.28. The Hall–Kier alpha value is -1.02. The highest BCUT2D eigenvalue weighted by Gasteiger charge is 2.10. The van der Waals surface area contributed by atoms with Crippen LogP contribution < -0.4 is 10.5 Å². The van der Waals surface area contributed by atoms with Crippen molar-refractivity contribution in [2.45, 2.75) is 39.0 Å². The Bertz CT molecular complexity index is 319. The van der Waals surface area contributed by atoms with E-state index in [2.05, 4.69) is 32.0 Å². The van der Waals surface area contributed by atoms with Crippen molar-refractivity contribution in [1.29, 1.82) is 0 Å². The van der Waals surface area contributed by atoms with E-state index in [9.17, 15) is 0 Å². The molecule has 0 amide bonds. The van der Waals surface area contributed by atoms with Crippen LogP contribution in [0, 0.1) is 0 Å². The zero-order valence-electron chi connectivity index (χ0n) is 10.6. The van der Waals surface area contributed by atoms with E-state index in [4.69, 9.17) is 10.5 Å². The van der Waals surface area contributed by atoms with E-state index in [1.807, 2.05) is 0 Å². The molecule has 0 aromatic heterocycles. The number of benzene rings is 1. The number of hydrogen-bond acceptors (Lipinski definition) is 2. The van der Waals surface area contributed by atoms with E-state index >= 15 is 0 Å². The summed E-state index contributed by atoms with van der Waals surface area (Å²) in [6.45, 7) is 5.14. The fraction of sp³-hybridized carbons (Fsp3) is 0.571. The lowest BCUT2D eigenvalue weighted by atomic mass is 9.92. The summed E-state index contributed by atoms with van der Waals surface area (Å²) in [5.41, 5.74) is 8.26. The van der Waals surface area contributed by atoms with Gasteiger partial charge in [-0.15, -0.1) is 0 Å². The Morgan fingerprint density at radius 2 is 1.94 bits per heavy atom. The third-order valence-corrected chi connectivity index (χ3v) is 3.18. The van der Waals surface area contributed by atoms with Crippen molar-refractivity contribution in [3.05, 3.63) is 29.3 Å². The summed E-state index contributed by atoms with van der Waals surface area (Å²) in [5.74, 6) is 1.61. The third kappa shape index (κ3) is 2.99. The van der Waals surface area contributed by atoms with Crippen LogP contribution in [0.3, 0.4) is 0 Å². The van der Waals surface area contributed by atoms with Gasteiger partial charge in [-0.2, -0.15) is 0 Å². The summed E-state index contributed by atoms with van der Waals surface area (Å²) in [4.78, 5) is 0. The molecule has 0 saturated carbocycles. The van der Waals surface area contributed by atoms with Crippen molar-refractivity contribution in [2.75, 3.05) is 13.7 Å². The Balaban J connectivity index is 3.00. The quantitative estimate of drug-likeness (QED) is 0.801. The summed E-state index contributed by atoms with van der Waals surface area (Å²) in [6, 6.07) is 6.50. The number of methoxy groups -OCH3 is 1. The van der Waals surface area contributed by atoms with Crippen LogP contribution in [0.4, 0.5) is 0 Å². The van der Waals surface area contributed by atoms with Gasteiger partial charge in [0, 0.05) is 0 Å². The van der Waals surface area contributed by atoms with Gasteiger partial charge in [-0.05, 0) is 48.9 Å². The summed E-state index contributed by atoms with van der Waals surface area (Å²) < 4.78 is 5.34. The third-order valence-electron chi connectivity index (χ3n) is 3.18. The molecule has 0 spiro atoms. The van der Waals surface area contributed by atoms with Crippen molar-refractivity contribution >= 4 is 0 Å². The van der Waals surface area contributed by atoms with E-state index in [1.54, 1.807) is 7.11 Å². The van der Waals surface area contributed by atoms with Gasteiger partial charge in [0.2, 0.25) is 0 Å². The van der Waals surface area contributed by atoms with E-state index in [1.165, 1.54) is 24.0 Å². The van der Waals surface area contributed by atoms with Crippen LogP contribution in [0.2, 0.25) is 0 Å². The minimum absolute atomic E-state index is 0.655. The number of hydrogen-bond donors (Lipinski definition) is 1. The van der Waals surface area contributed by atoms with Crippen molar-refractivity contribution in [3.63, 3.8) is 0 Å². The van der Waals surface area contributed by atoms with Gasteiger partial charge in [0.1, 0.15) is 5.75 Å². The Labute approximate surface area is 98.8 Å². The van der Waals surface area contributed by atoms with Gasteiger partial charge in [-0.3, -0.25) is 0 Å². The molecule has 16 heavy (non-hydrogen) atoms. The normalized spacial score (nSPS) is 10.8. The second-order valence-electron chi connectivity index (χ2n) is 4.12. The number of nitrogens with two attached hydrogens (primary N) is 1. The molecule has 0 radical (unpaired) electrons. The molecule has 90 valence electrons. The monoisotopic (exact) mass is 221 g/mol. The molecule has 1 aromatic carbocycles. The average Bonchev–Trinajstić information content (AvgIpc) is 2.31. The molecule has 0 aliphatic heterocycles. The van der Waals surface area contributed by atoms with Gasteiger partial charge in [0.25, 0.3) is 0 Å². The van der Waals surface area contributed by atoms with Gasteiger partial charge in [0.05, 0.1) is 7.11 Å². The zero-order valence-corrected chi connectivity index (χ0v) is 10.6. The molecular formula is C14H23NO. The lowest BCUT2D eigenvalue weighted by Crippen LogP contribution is -2.06. The fourth-order valence-electron chi connectivity index (χ4n) is 2.16. The largest absolute Gasteiger partial charge is 0.496 e. The summed E-state index contributed by atoms with van der Waals surface area (Å²) in [5, 5.41) is 0.